The Bertz CT molecular complexity index is 867. The van der Waals surface area contributed by atoms with Gasteiger partial charge in [0.2, 0.25) is 0 Å². The number of ether oxygens (including phenoxy) is 1. The minimum Gasteiger partial charge on any atom is -0.379 e. The first-order valence-electron chi connectivity index (χ1n) is 9.88. The number of carbonyl (C=O) groups excluding carboxylic acids is 2. The molecule has 1 atom stereocenters. The molecule has 160 valence electrons. The second-order valence-corrected chi connectivity index (χ2v) is 7.76. The number of benzene rings is 2. The molecule has 2 aromatic carbocycles. The van der Waals surface area contributed by atoms with Crippen molar-refractivity contribution < 1.29 is 14.3 Å². The molecular formula is C22H27ClN4O3. The van der Waals surface area contributed by atoms with Crippen molar-refractivity contribution >= 4 is 34.8 Å². The molecule has 0 saturated carbocycles. The molecule has 30 heavy (non-hydrogen) atoms. The predicted molar refractivity (Wildman–Crippen MR) is 119 cm³/mol. The number of nitrogens with zero attached hydrogens (tertiary/aromatic N) is 2. The maximum Gasteiger partial charge on any atom is 0.313 e. The Balaban J connectivity index is 1.66. The number of hydrogen-bond donors (Lipinski definition) is 2. The molecule has 0 unspecified atom stereocenters. The van der Waals surface area contributed by atoms with Gasteiger partial charge < -0.3 is 20.3 Å². The average Bonchev–Trinajstić information content (AvgIpc) is 2.75. The SMILES string of the molecule is CN(C)c1ccc([C@@H](CNC(=O)C(=O)Nc2cccc(Cl)c2)N2CCOCC2)cc1. The van der Waals surface area contributed by atoms with Crippen molar-refractivity contribution in [1.29, 1.82) is 0 Å². The van der Waals surface area contributed by atoms with E-state index in [-0.39, 0.29) is 6.04 Å². The minimum atomic E-state index is -0.721. The zero-order chi connectivity index (χ0) is 21.5. The fourth-order valence-corrected chi connectivity index (χ4v) is 3.56. The summed E-state index contributed by atoms with van der Waals surface area (Å²) in [6.07, 6.45) is 0. The molecule has 8 heteroatoms. The van der Waals surface area contributed by atoms with Crippen LogP contribution in [0.25, 0.3) is 0 Å². The number of amides is 2. The van der Waals surface area contributed by atoms with Gasteiger partial charge in [-0.15, -0.1) is 0 Å². The molecule has 1 heterocycles. The van der Waals surface area contributed by atoms with E-state index in [9.17, 15) is 9.59 Å². The molecule has 0 bridgehead atoms. The molecule has 0 aromatic heterocycles. The molecular weight excluding hydrogens is 404 g/mol. The lowest BCUT2D eigenvalue weighted by Gasteiger charge is -2.35. The van der Waals surface area contributed by atoms with Crippen LogP contribution in [0.1, 0.15) is 11.6 Å². The van der Waals surface area contributed by atoms with Gasteiger partial charge in [-0.05, 0) is 35.9 Å². The Morgan fingerprint density at radius 1 is 1.10 bits per heavy atom. The normalized spacial score (nSPS) is 15.3. The standard InChI is InChI=1S/C22H27ClN4O3/c1-26(2)19-8-6-16(7-9-19)20(27-10-12-30-13-11-27)15-24-21(28)22(29)25-18-5-3-4-17(23)14-18/h3-9,14,20H,10-13,15H2,1-2H3,(H,24,28)(H,25,29)/t20-/m1/s1. The van der Waals surface area contributed by atoms with Gasteiger partial charge in [0.05, 0.1) is 19.3 Å². The number of nitrogens with one attached hydrogen (secondary N) is 2. The van der Waals surface area contributed by atoms with Gasteiger partial charge in [-0.1, -0.05) is 29.8 Å². The number of halogens is 1. The number of rotatable bonds is 6. The molecule has 2 N–H and O–H groups in total. The summed E-state index contributed by atoms with van der Waals surface area (Å²) in [6.45, 7) is 3.16. The highest BCUT2D eigenvalue weighted by molar-refractivity contribution is 6.39. The first-order chi connectivity index (χ1) is 14.4. The molecule has 1 fully saturated rings. The third kappa shape index (κ3) is 5.95. The Kier molecular flexibility index (Phi) is 7.68. The fourth-order valence-electron chi connectivity index (χ4n) is 3.37. The second kappa shape index (κ2) is 10.4. The molecule has 1 saturated heterocycles. The van der Waals surface area contributed by atoms with E-state index in [4.69, 9.17) is 16.3 Å². The maximum absolute atomic E-state index is 12.4. The summed E-state index contributed by atoms with van der Waals surface area (Å²) in [7, 11) is 3.99. The molecule has 1 aliphatic rings. The first-order valence-corrected chi connectivity index (χ1v) is 10.3. The van der Waals surface area contributed by atoms with Gasteiger partial charge in [0.25, 0.3) is 0 Å². The van der Waals surface area contributed by atoms with Crippen molar-refractivity contribution in [3.63, 3.8) is 0 Å². The van der Waals surface area contributed by atoms with Crippen molar-refractivity contribution in [2.45, 2.75) is 6.04 Å². The summed E-state index contributed by atoms with van der Waals surface area (Å²) in [5, 5.41) is 5.83. The van der Waals surface area contributed by atoms with Crippen molar-refractivity contribution in [1.82, 2.24) is 10.2 Å². The van der Waals surface area contributed by atoms with Crippen molar-refractivity contribution in [2.75, 3.05) is 57.2 Å². The van der Waals surface area contributed by atoms with E-state index in [1.807, 2.05) is 19.0 Å². The molecule has 0 radical (unpaired) electrons. The topological polar surface area (TPSA) is 73.9 Å². The lowest BCUT2D eigenvalue weighted by molar-refractivity contribution is -0.136. The fraction of sp³-hybridized carbons (Fsp3) is 0.364. The Hall–Kier alpha value is -2.61. The molecule has 3 rings (SSSR count). The Morgan fingerprint density at radius 3 is 2.43 bits per heavy atom. The lowest BCUT2D eigenvalue weighted by atomic mass is 10.0. The molecule has 7 nitrogen and oxygen atoms in total. The highest BCUT2D eigenvalue weighted by Gasteiger charge is 2.24. The highest BCUT2D eigenvalue weighted by Crippen LogP contribution is 2.24. The number of hydrogen-bond acceptors (Lipinski definition) is 5. The maximum atomic E-state index is 12.4. The third-order valence-electron chi connectivity index (χ3n) is 5.03. The zero-order valence-corrected chi connectivity index (χ0v) is 18.0. The van der Waals surface area contributed by atoms with Gasteiger partial charge in [0.15, 0.2) is 0 Å². The van der Waals surface area contributed by atoms with E-state index in [1.165, 1.54) is 0 Å². The van der Waals surface area contributed by atoms with E-state index in [0.717, 1.165) is 24.3 Å². The number of anilines is 2. The molecule has 1 aliphatic heterocycles. The van der Waals surface area contributed by atoms with Crippen molar-refractivity contribution in [3.8, 4) is 0 Å². The van der Waals surface area contributed by atoms with Gasteiger partial charge in [0, 0.05) is 50.1 Å². The van der Waals surface area contributed by atoms with Crippen LogP contribution in [0.15, 0.2) is 48.5 Å². The third-order valence-corrected chi connectivity index (χ3v) is 5.26. The van der Waals surface area contributed by atoms with Crippen LogP contribution in [0.2, 0.25) is 5.02 Å². The van der Waals surface area contributed by atoms with E-state index < -0.39 is 11.8 Å². The van der Waals surface area contributed by atoms with Crippen LogP contribution in [0, 0.1) is 0 Å². The zero-order valence-electron chi connectivity index (χ0n) is 17.2. The largest absolute Gasteiger partial charge is 0.379 e. The van der Waals surface area contributed by atoms with Crippen LogP contribution in [0.3, 0.4) is 0 Å². The van der Waals surface area contributed by atoms with Crippen LogP contribution in [0.4, 0.5) is 11.4 Å². The summed E-state index contributed by atoms with van der Waals surface area (Å²) >= 11 is 5.92. The smallest absolute Gasteiger partial charge is 0.313 e. The van der Waals surface area contributed by atoms with Crippen LogP contribution in [0.5, 0.6) is 0 Å². The van der Waals surface area contributed by atoms with Crippen LogP contribution >= 0.6 is 11.6 Å². The summed E-state index contributed by atoms with van der Waals surface area (Å²) in [4.78, 5) is 29.0. The predicted octanol–water partition coefficient (Wildman–Crippen LogP) is 2.53. The lowest BCUT2D eigenvalue weighted by Crippen LogP contribution is -2.45. The van der Waals surface area contributed by atoms with Crippen LogP contribution in [-0.2, 0) is 14.3 Å². The summed E-state index contributed by atoms with van der Waals surface area (Å²) in [5.41, 5.74) is 2.66. The summed E-state index contributed by atoms with van der Waals surface area (Å²) in [6, 6.07) is 14.9. The monoisotopic (exact) mass is 430 g/mol. The quantitative estimate of drug-likeness (QED) is 0.689. The van der Waals surface area contributed by atoms with Gasteiger partial charge >= 0.3 is 11.8 Å². The average molecular weight is 431 g/mol. The van der Waals surface area contributed by atoms with Crippen molar-refractivity contribution in [2.24, 2.45) is 0 Å². The minimum absolute atomic E-state index is 0.0481. The summed E-state index contributed by atoms with van der Waals surface area (Å²) < 4.78 is 5.47. The van der Waals surface area contributed by atoms with Gasteiger partial charge in [0.1, 0.15) is 0 Å². The molecule has 0 aliphatic carbocycles. The van der Waals surface area contributed by atoms with Crippen LogP contribution in [-0.4, -0.2) is 63.7 Å². The Labute approximate surface area is 181 Å². The number of morpholine rings is 1. The number of carbonyl (C=O) groups is 2. The Morgan fingerprint density at radius 2 is 1.80 bits per heavy atom. The molecule has 2 amide bonds. The first kappa shape index (κ1) is 22.1. The van der Waals surface area contributed by atoms with E-state index >= 15 is 0 Å². The summed E-state index contributed by atoms with van der Waals surface area (Å²) in [5.74, 6) is -1.40. The van der Waals surface area contributed by atoms with E-state index in [0.29, 0.717) is 30.5 Å². The van der Waals surface area contributed by atoms with Gasteiger partial charge in [-0.2, -0.15) is 0 Å². The van der Waals surface area contributed by atoms with Gasteiger partial charge in [-0.25, -0.2) is 0 Å². The van der Waals surface area contributed by atoms with E-state index in [1.54, 1.807) is 24.3 Å². The molecule has 0 spiro atoms. The van der Waals surface area contributed by atoms with Crippen molar-refractivity contribution in [3.05, 3.63) is 59.1 Å². The highest BCUT2D eigenvalue weighted by atomic mass is 35.5. The van der Waals surface area contributed by atoms with Crippen LogP contribution < -0.4 is 15.5 Å². The molecule has 2 aromatic rings. The van der Waals surface area contributed by atoms with E-state index in [2.05, 4.69) is 39.8 Å². The van der Waals surface area contributed by atoms with Gasteiger partial charge in [-0.3, -0.25) is 14.5 Å². The second-order valence-electron chi connectivity index (χ2n) is 7.32.